The molecule has 0 N–H and O–H groups in total. The molecular formula is C25H36N4O2. The quantitative estimate of drug-likeness (QED) is 0.738. The van der Waals surface area contributed by atoms with Gasteiger partial charge in [0.15, 0.2) is 0 Å². The molecule has 2 unspecified atom stereocenters. The van der Waals surface area contributed by atoms with Crippen LogP contribution in [0.2, 0.25) is 0 Å². The fraction of sp³-hybridized carbons (Fsp3) is 0.600. The lowest BCUT2D eigenvalue weighted by Crippen LogP contribution is -2.48. The Bertz CT molecular complexity index is 876. The van der Waals surface area contributed by atoms with Crippen molar-refractivity contribution in [1.82, 2.24) is 19.6 Å². The Hall–Kier alpha value is -2.18. The number of ether oxygens (including phenoxy) is 1. The molecule has 2 aromatic rings. The molecule has 1 aromatic heterocycles. The number of aromatic nitrogens is 2. The van der Waals surface area contributed by atoms with Crippen molar-refractivity contribution in [1.29, 1.82) is 0 Å². The van der Waals surface area contributed by atoms with Gasteiger partial charge in [-0.25, -0.2) is 4.68 Å². The van der Waals surface area contributed by atoms with Gasteiger partial charge in [0.1, 0.15) is 0 Å². The molecule has 2 aliphatic heterocycles. The molecule has 6 nitrogen and oxygen atoms in total. The summed E-state index contributed by atoms with van der Waals surface area (Å²) in [5.41, 5.74) is 4.10. The minimum absolute atomic E-state index is 0.228. The van der Waals surface area contributed by atoms with Crippen molar-refractivity contribution in [2.75, 3.05) is 32.7 Å². The van der Waals surface area contributed by atoms with Gasteiger partial charge in [-0.3, -0.25) is 9.69 Å². The minimum atomic E-state index is 0.228. The van der Waals surface area contributed by atoms with Crippen LogP contribution in [-0.2, 0) is 16.0 Å². The van der Waals surface area contributed by atoms with Gasteiger partial charge in [-0.1, -0.05) is 18.2 Å². The average molecular weight is 425 g/mol. The standard InChI is InChI=1S/C25H36N4O2/c1-18-15-27(16-19(2)31-18)17-22-10-12-28(13-11-22)25(30)14-24-20(3)26-29(21(24)4)23-8-6-5-7-9-23/h5-9,18-19,22H,10-17H2,1-4H3. The molecule has 0 spiro atoms. The van der Waals surface area contributed by atoms with E-state index in [-0.39, 0.29) is 5.91 Å². The number of morpholine rings is 1. The van der Waals surface area contributed by atoms with Gasteiger partial charge in [-0.05, 0) is 58.6 Å². The molecule has 6 heteroatoms. The van der Waals surface area contributed by atoms with Gasteiger partial charge in [0, 0.05) is 44.0 Å². The number of hydrogen-bond acceptors (Lipinski definition) is 4. The van der Waals surface area contributed by atoms with E-state index in [9.17, 15) is 4.79 Å². The zero-order valence-corrected chi connectivity index (χ0v) is 19.4. The molecule has 2 fully saturated rings. The molecule has 31 heavy (non-hydrogen) atoms. The second-order valence-electron chi connectivity index (χ2n) is 9.37. The maximum absolute atomic E-state index is 13.1. The lowest BCUT2D eigenvalue weighted by atomic mass is 9.95. The Morgan fingerprint density at radius 1 is 1.06 bits per heavy atom. The summed E-state index contributed by atoms with van der Waals surface area (Å²) in [5.74, 6) is 0.900. The van der Waals surface area contributed by atoms with Crippen LogP contribution in [0.4, 0.5) is 0 Å². The van der Waals surface area contributed by atoms with Crippen molar-refractivity contribution < 1.29 is 9.53 Å². The number of nitrogens with zero attached hydrogens (tertiary/aromatic N) is 4. The molecule has 0 radical (unpaired) electrons. The number of rotatable bonds is 5. The van der Waals surface area contributed by atoms with E-state index >= 15 is 0 Å². The van der Waals surface area contributed by atoms with E-state index in [1.807, 2.05) is 41.9 Å². The van der Waals surface area contributed by atoms with Crippen molar-refractivity contribution in [3.63, 3.8) is 0 Å². The van der Waals surface area contributed by atoms with Crippen molar-refractivity contribution in [2.45, 2.75) is 59.2 Å². The van der Waals surface area contributed by atoms with Gasteiger partial charge in [-0.2, -0.15) is 5.10 Å². The predicted molar refractivity (Wildman–Crippen MR) is 122 cm³/mol. The number of piperidine rings is 1. The van der Waals surface area contributed by atoms with Crippen LogP contribution in [0.25, 0.3) is 5.69 Å². The van der Waals surface area contributed by atoms with Crippen LogP contribution in [0, 0.1) is 19.8 Å². The van der Waals surface area contributed by atoms with Crippen molar-refractivity contribution in [3.8, 4) is 5.69 Å². The molecule has 1 aromatic carbocycles. The van der Waals surface area contributed by atoms with Gasteiger partial charge in [-0.15, -0.1) is 0 Å². The van der Waals surface area contributed by atoms with Crippen LogP contribution in [0.5, 0.6) is 0 Å². The van der Waals surface area contributed by atoms with Crippen molar-refractivity contribution in [3.05, 3.63) is 47.3 Å². The van der Waals surface area contributed by atoms with E-state index in [2.05, 4.69) is 30.6 Å². The molecule has 1 amide bonds. The molecule has 2 atom stereocenters. The first-order valence-electron chi connectivity index (χ1n) is 11.7. The second kappa shape index (κ2) is 9.53. The maximum Gasteiger partial charge on any atom is 0.227 e. The minimum Gasteiger partial charge on any atom is -0.373 e. The van der Waals surface area contributed by atoms with Gasteiger partial charge < -0.3 is 9.64 Å². The highest BCUT2D eigenvalue weighted by Crippen LogP contribution is 2.23. The number of amides is 1. The molecule has 3 heterocycles. The molecule has 0 bridgehead atoms. The van der Waals surface area contributed by atoms with Gasteiger partial charge in [0.25, 0.3) is 0 Å². The number of para-hydroxylation sites is 1. The summed E-state index contributed by atoms with van der Waals surface area (Å²) in [5, 5.41) is 4.70. The Morgan fingerprint density at radius 3 is 2.35 bits per heavy atom. The first-order valence-corrected chi connectivity index (χ1v) is 11.7. The number of benzene rings is 1. The summed E-state index contributed by atoms with van der Waals surface area (Å²) in [7, 11) is 0. The number of aryl methyl sites for hydroxylation is 1. The normalized spacial score (nSPS) is 23.3. The molecular weight excluding hydrogens is 388 g/mol. The zero-order chi connectivity index (χ0) is 22.0. The van der Waals surface area contributed by atoms with Crippen LogP contribution in [0.15, 0.2) is 30.3 Å². The highest BCUT2D eigenvalue weighted by atomic mass is 16.5. The second-order valence-corrected chi connectivity index (χ2v) is 9.37. The van der Waals surface area contributed by atoms with Crippen molar-refractivity contribution in [2.24, 2.45) is 5.92 Å². The topological polar surface area (TPSA) is 50.6 Å². The van der Waals surface area contributed by atoms with E-state index in [0.29, 0.717) is 24.5 Å². The molecule has 2 aliphatic rings. The van der Waals surface area contributed by atoms with E-state index in [1.54, 1.807) is 0 Å². The summed E-state index contributed by atoms with van der Waals surface area (Å²) in [6, 6.07) is 10.1. The Balaban J connectivity index is 1.32. The monoisotopic (exact) mass is 424 g/mol. The van der Waals surface area contributed by atoms with Gasteiger partial charge in [0.2, 0.25) is 5.91 Å². The average Bonchev–Trinajstić information content (AvgIpc) is 3.02. The van der Waals surface area contributed by atoms with E-state index in [4.69, 9.17) is 9.84 Å². The third-order valence-corrected chi connectivity index (χ3v) is 6.75. The maximum atomic E-state index is 13.1. The SMILES string of the molecule is Cc1nn(-c2ccccc2)c(C)c1CC(=O)N1CCC(CN2CC(C)OC(C)C2)CC1. The highest BCUT2D eigenvalue weighted by Gasteiger charge is 2.28. The van der Waals surface area contributed by atoms with Gasteiger partial charge in [0.05, 0.1) is 30.0 Å². The molecule has 168 valence electrons. The van der Waals surface area contributed by atoms with E-state index in [1.165, 1.54) is 0 Å². The molecule has 2 saturated heterocycles. The molecule has 0 saturated carbocycles. The summed E-state index contributed by atoms with van der Waals surface area (Å²) in [6.45, 7) is 13.3. The summed E-state index contributed by atoms with van der Waals surface area (Å²) in [6.07, 6.45) is 3.25. The van der Waals surface area contributed by atoms with E-state index in [0.717, 1.165) is 68.2 Å². The number of carbonyl (C=O) groups excluding carboxylic acids is 1. The van der Waals surface area contributed by atoms with E-state index < -0.39 is 0 Å². The predicted octanol–water partition coefficient (Wildman–Crippen LogP) is 3.38. The third-order valence-electron chi connectivity index (χ3n) is 6.75. The van der Waals surface area contributed by atoms with Crippen LogP contribution in [-0.4, -0.2) is 70.4 Å². The van der Waals surface area contributed by atoms with Crippen LogP contribution in [0.1, 0.15) is 43.6 Å². The first-order chi connectivity index (χ1) is 14.9. The third kappa shape index (κ3) is 5.18. The molecule has 0 aliphatic carbocycles. The van der Waals surface area contributed by atoms with Crippen LogP contribution < -0.4 is 0 Å². The lowest BCUT2D eigenvalue weighted by molar-refractivity contribution is -0.132. The fourth-order valence-corrected chi connectivity index (χ4v) is 5.18. The van der Waals surface area contributed by atoms with Crippen LogP contribution in [0.3, 0.4) is 0 Å². The summed E-state index contributed by atoms with van der Waals surface area (Å²) >= 11 is 0. The Labute approximate surface area is 186 Å². The number of hydrogen-bond donors (Lipinski definition) is 0. The fourth-order valence-electron chi connectivity index (χ4n) is 5.18. The molecule has 4 rings (SSSR count). The smallest absolute Gasteiger partial charge is 0.227 e. The first kappa shape index (κ1) is 22.0. The number of carbonyl (C=O) groups is 1. The lowest BCUT2D eigenvalue weighted by Gasteiger charge is -2.39. The number of likely N-dealkylation sites (tertiary alicyclic amines) is 1. The van der Waals surface area contributed by atoms with Crippen LogP contribution >= 0.6 is 0 Å². The largest absolute Gasteiger partial charge is 0.373 e. The zero-order valence-electron chi connectivity index (χ0n) is 19.4. The summed E-state index contributed by atoms with van der Waals surface area (Å²) < 4.78 is 7.81. The van der Waals surface area contributed by atoms with Crippen molar-refractivity contribution >= 4 is 5.91 Å². The highest BCUT2D eigenvalue weighted by molar-refractivity contribution is 5.79. The van der Waals surface area contributed by atoms with Gasteiger partial charge >= 0.3 is 0 Å². The Morgan fingerprint density at radius 2 is 1.71 bits per heavy atom. The summed E-state index contributed by atoms with van der Waals surface area (Å²) in [4.78, 5) is 17.7. The Kier molecular flexibility index (Phi) is 6.77.